The molecule has 2 amide bonds. The fourth-order valence-electron chi connectivity index (χ4n) is 6.36. The quantitative estimate of drug-likeness (QED) is 0.149. The molecule has 262 valence electrons. The summed E-state index contributed by atoms with van der Waals surface area (Å²) in [5.74, 6) is -2.76. The maximum atomic E-state index is 14.3. The molecule has 1 aliphatic heterocycles. The number of anilines is 2. The van der Waals surface area contributed by atoms with E-state index in [4.69, 9.17) is 9.47 Å². The largest absolute Gasteiger partial charge is 0.370 e. The van der Waals surface area contributed by atoms with Gasteiger partial charge in [0.1, 0.15) is 11.9 Å². The van der Waals surface area contributed by atoms with Crippen molar-refractivity contribution < 1.29 is 33.8 Å². The number of ether oxygens (including phenoxy) is 2. The van der Waals surface area contributed by atoms with Gasteiger partial charge in [0.05, 0.1) is 29.9 Å². The van der Waals surface area contributed by atoms with Gasteiger partial charge in [0.2, 0.25) is 11.5 Å². The van der Waals surface area contributed by atoms with Gasteiger partial charge in [0, 0.05) is 53.7 Å². The summed E-state index contributed by atoms with van der Waals surface area (Å²) in [6.07, 6.45) is 3.31. The summed E-state index contributed by atoms with van der Waals surface area (Å²) in [7, 11) is 0. The number of nitrogens with one attached hydrogen (secondary N) is 1. The Kier molecular flexibility index (Phi) is 10.3. The molecule has 11 nitrogen and oxygen atoms in total. The van der Waals surface area contributed by atoms with Gasteiger partial charge in [-0.25, -0.2) is 0 Å². The maximum Gasteiger partial charge on any atom is 0.269 e. The molecule has 6 rings (SSSR count). The van der Waals surface area contributed by atoms with Crippen LogP contribution in [0.15, 0.2) is 97.3 Å². The lowest BCUT2D eigenvalue weighted by Crippen LogP contribution is -2.48. The molecule has 1 unspecified atom stereocenters. The van der Waals surface area contributed by atoms with Crippen molar-refractivity contribution in [3.05, 3.63) is 108 Å². The van der Waals surface area contributed by atoms with Crippen LogP contribution in [0.1, 0.15) is 51.2 Å². The summed E-state index contributed by atoms with van der Waals surface area (Å²) in [5, 5.41) is 16.7. The Morgan fingerprint density at radius 2 is 1.53 bits per heavy atom. The Labute approximate surface area is 295 Å². The number of pyridine rings is 2. The van der Waals surface area contributed by atoms with Crippen molar-refractivity contribution in [1.82, 2.24) is 9.97 Å². The molecule has 3 aromatic carbocycles. The molecule has 0 radical (unpaired) electrons. The molecular formula is C40H40N4O7. The first-order valence-electron chi connectivity index (χ1n) is 16.9. The summed E-state index contributed by atoms with van der Waals surface area (Å²) in [4.78, 5) is 64.0. The van der Waals surface area contributed by atoms with E-state index < -0.39 is 29.2 Å². The number of nitrogens with zero attached hydrogens (tertiary/aromatic N) is 3. The lowest BCUT2D eigenvalue weighted by molar-refractivity contribution is -0.149. The Balaban J connectivity index is 1.35. The van der Waals surface area contributed by atoms with Crippen molar-refractivity contribution >= 4 is 56.6 Å². The Morgan fingerprint density at radius 1 is 0.882 bits per heavy atom. The third-order valence-electron chi connectivity index (χ3n) is 8.95. The molecule has 0 bridgehead atoms. The van der Waals surface area contributed by atoms with E-state index in [1.165, 1.54) is 19.1 Å². The number of amides is 2. The van der Waals surface area contributed by atoms with Gasteiger partial charge in [0.25, 0.3) is 5.91 Å². The first-order valence-corrected chi connectivity index (χ1v) is 16.9. The Morgan fingerprint density at radius 3 is 2.20 bits per heavy atom. The highest BCUT2D eigenvalue weighted by atomic mass is 16.7. The molecule has 1 fully saturated rings. The van der Waals surface area contributed by atoms with Gasteiger partial charge in [-0.2, -0.15) is 0 Å². The van der Waals surface area contributed by atoms with E-state index >= 15 is 0 Å². The van der Waals surface area contributed by atoms with E-state index in [0.717, 1.165) is 10.8 Å². The Hall–Kier alpha value is -5.36. The number of para-hydroxylation sites is 2. The van der Waals surface area contributed by atoms with Crippen LogP contribution in [0.3, 0.4) is 0 Å². The second-order valence-corrected chi connectivity index (χ2v) is 13.2. The first-order chi connectivity index (χ1) is 24.4. The van der Waals surface area contributed by atoms with Gasteiger partial charge in [-0.1, -0.05) is 54.6 Å². The minimum absolute atomic E-state index is 0.00577. The number of hydrogen-bond donors (Lipinski definition) is 2. The number of rotatable bonds is 13. The minimum atomic E-state index is -2.64. The zero-order chi connectivity index (χ0) is 36.2. The number of aromatic nitrogens is 2. The number of ketones is 2. The smallest absolute Gasteiger partial charge is 0.269 e. The van der Waals surface area contributed by atoms with Crippen LogP contribution in [-0.2, 0) is 40.7 Å². The van der Waals surface area contributed by atoms with E-state index in [1.807, 2.05) is 24.3 Å². The van der Waals surface area contributed by atoms with Gasteiger partial charge < -0.3 is 29.6 Å². The predicted molar refractivity (Wildman–Crippen MR) is 193 cm³/mol. The van der Waals surface area contributed by atoms with Crippen molar-refractivity contribution in [2.75, 3.05) is 23.4 Å². The van der Waals surface area contributed by atoms with Gasteiger partial charge >= 0.3 is 0 Å². The highest BCUT2D eigenvalue weighted by molar-refractivity contribution is 6.17. The maximum absolute atomic E-state index is 14.3. The van der Waals surface area contributed by atoms with E-state index in [2.05, 4.69) is 15.3 Å². The highest BCUT2D eigenvalue weighted by Gasteiger charge is 2.46. The normalized spacial score (nSPS) is 16.4. The number of Topliss-reactive ketones (excluding diaryl/α,β-unsaturated/α-hetero) is 2. The minimum Gasteiger partial charge on any atom is -0.370 e. The molecule has 11 heteroatoms. The van der Waals surface area contributed by atoms with Crippen LogP contribution in [0.5, 0.6) is 0 Å². The van der Waals surface area contributed by atoms with Crippen molar-refractivity contribution in [2.45, 2.75) is 63.9 Å². The molecule has 0 spiro atoms. The molecule has 1 aliphatic rings. The third-order valence-corrected chi connectivity index (χ3v) is 8.95. The average Bonchev–Trinajstić information content (AvgIpc) is 3.48. The second kappa shape index (κ2) is 14.9. The van der Waals surface area contributed by atoms with Gasteiger partial charge in [0.15, 0.2) is 11.6 Å². The summed E-state index contributed by atoms with van der Waals surface area (Å²) >= 11 is 0. The fraction of sp³-hybridized carbons (Fsp3) is 0.300. The lowest BCUT2D eigenvalue weighted by Gasteiger charge is -2.29. The average molecular weight is 689 g/mol. The van der Waals surface area contributed by atoms with Crippen LogP contribution in [0, 0.1) is 0 Å². The van der Waals surface area contributed by atoms with Crippen molar-refractivity contribution in [3.63, 3.8) is 0 Å². The summed E-state index contributed by atoms with van der Waals surface area (Å²) in [6, 6.07) is 24.1. The highest BCUT2D eigenvalue weighted by Crippen LogP contribution is 2.32. The van der Waals surface area contributed by atoms with Crippen LogP contribution in [0.4, 0.5) is 11.4 Å². The molecule has 51 heavy (non-hydrogen) atoms. The Bertz CT molecular complexity index is 1990. The molecule has 5 aromatic rings. The summed E-state index contributed by atoms with van der Waals surface area (Å²) < 4.78 is 11.7. The third kappa shape index (κ3) is 7.86. The summed E-state index contributed by atoms with van der Waals surface area (Å²) in [6.45, 7) is 5.54. The molecule has 2 atom stereocenters. The van der Waals surface area contributed by atoms with Crippen LogP contribution in [0.25, 0.3) is 21.8 Å². The zero-order valence-electron chi connectivity index (χ0n) is 28.8. The standard InChI is InChI=1S/C40H40N4O7/c1-26(45)9-4-16-35(47)44(24-32-25-50-39(2,3)51-32)31-19-17-30(18-20-31)40(49,34(46)23-29-12-5-10-27-13-7-21-41-36(27)29)38(48)43-33-15-6-11-28-14-8-22-42-37(28)33/h5-8,10-15,17-22,32,49H,4,9,16,23-25H2,1-3H3,(H,43,48)/t32-,40?/m1/s1. The van der Waals surface area contributed by atoms with Crippen molar-refractivity contribution in [2.24, 2.45) is 0 Å². The topological polar surface area (TPSA) is 148 Å². The number of aliphatic hydroxyl groups is 1. The van der Waals surface area contributed by atoms with Crippen LogP contribution >= 0.6 is 0 Å². The molecule has 2 N–H and O–H groups in total. The van der Waals surface area contributed by atoms with E-state index in [-0.39, 0.29) is 49.7 Å². The van der Waals surface area contributed by atoms with Crippen molar-refractivity contribution in [3.8, 4) is 0 Å². The van der Waals surface area contributed by atoms with Crippen molar-refractivity contribution in [1.29, 1.82) is 0 Å². The van der Waals surface area contributed by atoms with E-state index in [1.54, 1.807) is 79.7 Å². The lowest BCUT2D eigenvalue weighted by atomic mass is 9.84. The molecule has 2 aromatic heterocycles. The predicted octanol–water partition coefficient (Wildman–Crippen LogP) is 5.66. The molecule has 0 aliphatic carbocycles. The van der Waals surface area contributed by atoms with Gasteiger partial charge in [-0.15, -0.1) is 0 Å². The zero-order valence-corrected chi connectivity index (χ0v) is 28.8. The monoisotopic (exact) mass is 688 g/mol. The molecule has 0 saturated carbocycles. The fourth-order valence-corrected chi connectivity index (χ4v) is 6.36. The molecular weight excluding hydrogens is 648 g/mol. The molecule has 1 saturated heterocycles. The van der Waals surface area contributed by atoms with E-state index in [9.17, 15) is 24.3 Å². The number of hydrogen-bond acceptors (Lipinski definition) is 9. The SMILES string of the molecule is CC(=O)CCCC(=O)N(C[C@@H]1COC(C)(C)O1)c1ccc(C(O)(C(=O)Cc2cccc3cccnc23)C(=O)Nc2cccc3cccnc23)cc1. The van der Waals surface area contributed by atoms with Gasteiger partial charge in [-0.3, -0.25) is 24.4 Å². The number of carbonyl (C=O) groups is 4. The molecule has 3 heterocycles. The van der Waals surface area contributed by atoms with Gasteiger partial charge in [-0.05, 0) is 63.1 Å². The van der Waals surface area contributed by atoms with Crippen LogP contribution < -0.4 is 10.2 Å². The number of fused-ring (bicyclic) bond motifs is 2. The first kappa shape index (κ1) is 35.5. The van der Waals surface area contributed by atoms with Crippen LogP contribution in [-0.4, -0.2) is 63.5 Å². The number of carbonyl (C=O) groups excluding carboxylic acids is 4. The second-order valence-electron chi connectivity index (χ2n) is 13.2. The van der Waals surface area contributed by atoms with E-state index in [0.29, 0.717) is 34.4 Å². The van der Waals surface area contributed by atoms with Crippen LogP contribution in [0.2, 0.25) is 0 Å². The summed E-state index contributed by atoms with van der Waals surface area (Å²) in [5.41, 5.74) is -0.197. The number of benzene rings is 3.